The highest BCUT2D eigenvalue weighted by Gasteiger charge is 2.21. The summed E-state index contributed by atoms with van der Waals surface area (Å²) in [5.41, 5.74) is 2.13. The summed E-state index contributed by atoms with van der Waals surface area (Å²) in [4.78, 5) is 11.7. The fraction of sp³-hybridized carbons (Fsp3) is 0.316. The largest absolute Gasteiger partial charge is 0.489 e. The molecule has 0 saturated carbocycles. The lowest BCUT2D eigenvalue weighted by Crippen LogP contribution is -2.49. The van der Waals surface area contributed by atoms with Gasteiger partial charge in [-0.3, -0.25) is 10.1 Å². The topological polar surface area (TPSA) is 70.6 Å². The van der Waals surface area contributed by atoms with Crippen LogP contribution in [0.5, 0.6) is 5.75 Å². The summed E-state index contributed by atoms with van der Waals surface area (Å²) in [5.74, 6) is 0.564. The van der Waals surface area contributed by atoms with Gasteiger partial charge in [-0.2, -0.15) is 0 Å². The van der Waals surface area contributed by atoms with E-state index in [-0.39, 0.29) is 5.91 Å². The van der Waals surface area contributed by atoms with Crippen LogP contribution in [0.1, 0.15) is 18.1 Å². The number of benzene rings is 2. The van der Waals surface area contributed by atoms with E-state index in [0.717, 1.165) is 16.9 Å². The second-order valence-corrected chi connectivity index (χ2v) is 5.63. The summed E-state index contributed by atoms with van der Waals surface area (Å²) < 4.78 is 5.74. The van der Waals surface area contributed by atoms with Crippen molar-refractivity contribution in [2.75, 3.05) is 7.05 Å². The Labute approximate surface area is 142 Å². The van der Waals surface area contributed by atoms with E-state index in [4.69, 9.17) is 4.74 Å². The number of carbonyl (C=O) groups is 1. The van der Waals surface area contributed by atoms with Crippen LogP contribution in [0.3, 0.4) is 0 Å². The Bertz CT molecular complexity index is 627. The van der Waals surface area contributed by atoms with E-state index in [9.17, 15) is 9.90 Å². The monoisotopic (exact) mass is 328 g/mol. The van der Waals surface area contributed by atoms with Crippen LogP contribution in [0.15, 0.2) is 54.6 Å². The van der Waals surface area contributed by atoms with Crippen LogP contribution in [-0.2, 0) is 17.9 Å². The molecule has 0 spiro atoms. The van der Waals surface area contributed by atoms with Crippen LogP contribution in [0.2, 0.25) is 0 Å². The van der Waals surface area contributed by atoms with E-state index in [1.807, 2.05) is 54.6 Å². The lowest BCUT2D eigenvalue weighted by atomic mass is 10.1. The van der Waals surface area contributed by atoms with Crippen molar-refractivity contribution in [3.8, 4) is 5.75 Å². The normalized spacial score (nSPS) is 13.1. The molecule has 2 rings (SSSR count). The van der Waals surface area contributed by atoms with E-state index in [0.29, 0.717) is 13.2 Å². The summed E-state index contributed by atoms with van der Waals surface area (Å²) in [6.45, 7) is 2.61. The van der Waals surface area contributed by atoms with Crippen LogP contribution in [0.25, 0.3) is 0 Å². The summed E-state index contributed by atoms with van der Waals surface area (Å²) in [6.07, 6.45) is -0.765. The first-order valence-electron chi connectivity index (χ1n) is 7.99. The molecule has 0 fully saturated rings. The fourth-order valence-electron chi connectivity index (χ4n) is 2.31. The molecule has 24 heavy (non-hydrogen) atoms. The van der Waals surface area contributed by atoms with E-state index < -0.39 is 12.1 Å². The Balaban J connectivity index is 1.86. The van der Waals surface area contributed by atoms with Crippen molar-refractivity contribution in [2.45, 2.75) is 32.2 Å². The predicted molar refractivity (Wildman–Crippen MR) is 93.6 cm³/mol. The third-order valence-electron chi connectivity index (χ3n) is 3.71. The van der Waals surface area contributed by atoms with Crippen molar-refractivity contribution in [2.24, 2.45) is 0 Å². The SMILES string of the molecule is CNC(=O)[C@@H](NCc1ccc(OCc2ccccc2)cc1)[C@@H](C)O. The summed E-state index contributed by atoms with van der Waals surface area (Å²) >= 11 is 0. The first-order chi connectivity index (χ1) is 11.6. The smallest absolute Gasteiger partial charge is 0.239 e. The van der Waals surface area contributed by atoms with Crippen molar-refractivity contribution in [3.05, 3.63) is 65.7 Å². The lowest BCUT2D eigenvalue weighted by molar-refractivity contribution is -0.125. The molecule has 1 amide bonds. The van der Waals surface area contributed by atoms with E-state index in [2.05, 4.69) is 10.6 Å². The average molecular weight is 328 g/mol. The highest BCUT2D eigenvalue weighted by atomic mass is 16.5. The first kappa shape index (κ1) is 18.0. The molecule has 0 heterocycles. The van der Waals surface area contributed by atoms with Gasteiger partial charge in [-0.1, -0.05) is 42.5 Å². The molecule has 0 aliphatic heterocycles. The maximum absolute atomic E-state index is 11.7. The van der Waals surface area contributed by atoms with Gasteiger partial charge in [0.2, 0.25) is 5.91 Å². The Kier molecular flexibility index (Phi) is 6.78. The number of aliphatic hydroxyl groups is 1. The summed E-state index contributed by atoms with van der Waals surface area (Å²) in [5, 5.41) is 15.3. The van der Waals surface area contributed by atoms with Crippen LogP contribution < -0.4 is 15.4 Å². The lowest BCUT2D eigenvalue weighted by Gasteiger charge is -2.20. The highest BCUT2D eigenvalue weighted by molar-refractivity contribution is 5.82. The predicted octanol–water partition coefficient (Wildman–Crippen LogP) is 1.85. The summed E-state index contributed by atoms with van der Waals surface area (Å²) in [6, 6.07) is 17.0. The number of likely N-dealkylation sites (N-methyl/N-ethyl adjacent to an activating group) is 1. The molecule has 0 radical (unpaired) electrons. The number of hydrogen-bond donors (Lipinski definition) is 3. The number of amides is 1. The molecule has 2 atom stereocenters. The Morgan fingerprint density at radius 1 is 1.08 bits per heavy atom. The molecule has 5 heteroatoms. The molecule has 128 valence electrons. The minimum Gasteiger partial charge on any atom is -0.489 e. The molecule has 5 nitrogen and oxygen atoms in total. The average Bonchev–Trinajstić information content (AvgIpc) is 2.61. The molecule has 2 aromatic rings. The van der Waals surface area contributed by atoms with Crippen molar-refractivity contribution in [3.63, 3.8) is 0 Å². The molecule has 2 aromatic carbocycles. The van der Waals surface area contributed by atoms with Crippen molar-refractivity contribution in [1.29, 1.82) is 0 Å². The maximum Gasteiger partial charge on any atom is 0.239 e. The van der Waals surface area contributed by atoms with Gasteiger partial charge in [0.1, 0.15) is 18.4 Å². The van der Waals surface area contributed by atoms with Crippen LogP contribution >= 0.6 is 0 Å². The minimum atomic E-state index is -0.765. The molecular formula is C19H24N2O3. The van der Waals surface area contributed by atoms with Gasteiger partial charge in [-0.25, -0.2) is 0 Å². The molecule has 0 saturated heterocycles. The van der Waals surface area contributed by atoms with Gasteiger partial charge in [-0.15, -0.1) is 0 Å². The van der Waals surface area contributed by atoms with Crippen LogP contribution in [-0.4, -0.2) is 30.2 Å². The quantitative estimate of drug-likeness (QED) is 0.692. The Morgan fingerprint density at radius 2 is 1.75 bits per heavy atom. The standard InChI is InChI=1S/C19H24N2O3/c1-14(22)18(19(23)20-2)21-12-15-8-10-17(11-9-15)24-13-16-6-4-3-5-7-16/h3-11,14,18,21-22H,12-13H2,1-2H3,(H,20,23)/t14-,18+/m1/s1. The van der Waals surface area contributed by atoms with Crippen molar-refractivity contribution >= 4 is 5.91 Å². The van der Waals surface area contributed by atoms with Gasteiger partial charge in [0.25, 0.3) is 0 Å². The van der Waals surface area contributed by atoms with E-state index >= 15 is 0 Å². The van der Waals surface area contributed by atoms with Gasteiger partial charge >= 0.3 is 0 Å². The third kappa shape index (κ3) is 5.37. The van der Waals surface area contributed by atoms with E-state index in [1.165, 1.54) is 0 Å². The zero-order valence-electron chi connectivity index (χ0n) is 14.0. The van der Waals surface area contributed by atoms with Gasteiger partial charge in [0.05, 0.1) is 6.10 Å². The van der Waals surface area contributed by atoms with Gasteiger partial charge in [-0.05, 0) is 30.2 Å². The zero-order chi connectivity index (χ0) is 17.4. The molecular weight excluding hydrogens is 304 g/mol. The Hall–Kier alpha value is -2.37. The van der Waals surface area contributed by atoms with Crippen LogP contribution in [0.4, 0.5) is 0 Å². The molecule has 0 unspecified atom stereocenters. The first-order valence-corrected chi connectivity index (χ1v) is 7.99. The van der Waals surface area contributed by atoms with Gasteiger partial charge in [0.15, 0.2) is 0 Å². The number of rotatable bonds is 8. The number of aliphatic hydroxyl groups excluding tert-OH is 1. The fourth-order valence-corrected chi connectivity index (χ4v) is 2.31. The second kappa shape index (κ2) is 9.05. The van der Waals surface area contributed by atoms with Gasteiger partial charge in [0, 0.05) is 13.6 Å². The number of ether oxygens (including phenoxy) is 1. The third-order valence-corrected chi connectivity index (χ3v) is 3.71. The molecule has 0 aromatic heterocycles. The highest BCUT2D eigenvalue weighted by Crippen LogP contribution is 2.14. The molecule has 0 bridgehead atoms. The number of nitrogens with one attached hydrogen (secondary N) is 2. The maximum atomic E-state index is 11.7. The second-order valence-electron chi connectivity index (χ2n) is 5.63. The van der Waals surface area contributed by atoms with Crippen molar-refractivity contribution in [1.82, 2.24) is 10.6 Å². The van der Waals surface area contributed by atoms with Crippen LogP contribution in [0, 0.1) is 0 Å². The van der Waals surface area contributed by atoms with E-state index in [1.54, 1.807) is 14.0 Å². The summed E-state index contributed by atoms with van der Waals surface area (Å²) in [7, 11) is 1.55. The van der Waals surface area contributed by atoms with Crippen molar-refractivity contribution < 1.29 is 14.6 Å². The minimum absolute atomic E-state index is 0.229. The Morgan fingerprint density at radius 3 is 2.33 bits per heavy atom. The number of hydrogen-bond acceptors (Lipinski definition) is 4. The molecule has 0 aliphatic rings. The van der Waals surface area contributed by atoms with Gasteiger partial charge < -0.3 is 15.2 Å². The zero-order valence-corrected chi connectivity index (χ0v) is 14.0. The molecule has 3 N–H and O–H groups in total. The molecule has 0 aliphatic carbocycles. The number of carbonyl (C=O) groups excluding carboxylic acids is 1.